The Balaban J connectivity index is 1.53. The average Bonchev–Trinajstić information content (AvgIpc) is 2.78. The summed E-state index contributed by atoms with van der Waals surface area (Å²) >= 11 is 0. The number of amides is 1. The van der Waals surface area contributed by atoms with Gasteiger partial charge in [0.25, 0.3) is 5.92 Å². The van der Waals surface area contributed by atoms with Gasteiger partial charge in [-0.1, -0.05) is 12.1 Å². The third kappa shape index (κ3) is 4.67. The lowest BCUT2D eigenvalue weighted by atomic mass is 9.79. The van der Waals surface area contributed by atoms with Crippen molar-refractivity contribution in [2.45, 2.75) is 57.7 Å². The molecule has 27 heavy (non-hydrogen) atoms. The quantitative estimate of drug-likeness (QED) is 0.817. The number of rotatable bonds is 4. The average molecular weight is 380 g/mol. The molecule has 2 fully saturated rings. The van der Waals surface area contributed by atoms with Crippen LogP contribution in [0, 0.1) is 0 Å². The van der Waals surface area contributed by atoms with Crippen molar-refractivity contribution in [3.63, 3.8) is 0 Å². The molecule has 3 rings (SSSR count). The summed E-state index contributed by atoms with van der Waals surface area (Å²) in [5, 5.41) is 2.81. The Bertz CT molecular complexity index is 669. The molecular weight excluding hydrogens is 353 g/mol. The van der Waals surface area contributed by atoms with Crippen molar-refractivity contribution in [1.82, 2.24) is 4.90 Å². The summed E-state index contributed by atoms with van der Waals surface area (Å²) < 4.78 is 38.4. The van der Waals surface area contributed by atoms with Crippen molar-refractivity contribution in [3.8, 4) is 0 Å². The first kappa shape index (κ1) is 20.2. The maximum Gasteiger partial charge on any atom is 0.494 e. The number of alkyl halides is 2. The van der Waals surface area contributed by atoms with Gasteiger partial charge >= 0.3 is 7.12 Å². The summed E-state index contributed by atoms with van der Waals surface area (Å²) in [6, 6.07) is 7.31. The maximum absolute atomic E-state index is 13.2. The molecule has 2 saturated heterocycles. The highest BCUT2D eigenvalue weighted by Crippen LogP contribution is 2.36. The van der Waals surface area contributed by atoms with Crippen LogP contribution in [0.3, 0.4) is 0 Å². The zero-order valence-electron chi connectivity index (χ0n) is 16.4. The molecule has 5 nitrogen and oxygen atoms in total. The van der Waals surface area contributed by atoms with Gasteiger partial charge in [-0.25, -0.2) is 8.78 Å². The van der Waals surface area contributed by atoms with Gasteiger partial charge in [0.1, 0.15) is 0 Å². The molecule has 0 unspecified atom stereocenters. The van der Waals surface area contributed by atoms with Crippen LogP contribution in [0.2, 0.25) is 0 Å². The lowest BCUT2D eigenvalue weighted by Gasteiger charge is -2.32. The van der Waals surface area contributed by atoms with Crippen molar-refractivity contribution in [3.05, 3.63) is 24.3 Å². The van der Waals surface area contributed by atoms with Gasteiger partial charge in [0.15, 0.2) is 0 Å². The van der Waals surface area contributed by atoms with Gasteiger partial charge in [0.2, 0.25) is 5.91 Å². The van der Waals surface area contributed by atoms with E-state index in [0.717, 1.165) is 5.46 Å². The monoisotopic (exact) mass is 380 g/mol. The number of hydrogen-bond donors (Lipinski definition) is 1. The second-order valence-corrected chi connectivity index (χ2v) is 8.39. The molecule has 0 aliphatic carbocycles. The van der Waals surface area contributed by atoms with Gasteiger partial charge < -0.3 is 14.6 Å². The highest BCUT2D eigenvalue weighted by molar-refractivity contribution is 6.62. The van der Waals surface area contributed by atoms with Crippen molar-refractivity contribution in [2.24, 2.45) is 0 Å². The van der Waals surface area contributed by atoms with Crippen LogP contribution >= 0.6 is 0 Å². The molecule has 0 saturated carbocycles. The maximum atomic E-state index is 13.2. The molecule has 1 N–H and O–H groups in total. The first-order valence-corrected chi connectivity index (χ1v) is 9.33. The first-order chi connectivity index (χ1) is 12.5. The first-order valence-electron chi connectivity index (χ1n) is 9.33. The molecule has 1 aromatic carbocycles. The molecule has 2 aliphatic heterocycles. The summed E-state index contributed by atoms with van der Waals surface area (Å²) in [5.74, 6) is -2.81. The fraction of sp³-hybridized carbons (Fsp3) is 0.632. The van der Waals surface area contributed by atoms with E-state index in [1.54, 1.807) is 17.0 Å². The molecule has 2 heterocycles. The Morgan fingerprint density at radius 1 is 1.07 bits per heavy atom. The molecule has 0 bridgehead atoms. The molecule has 2 aliphatic rings. The van der Waals surface area contributed by atoms with E-state index in [4.69, 9.17) is 9.31 Å². The molecule has 148 valence electrons. The largest absolute Gasteiger partial charge is 0.494 e. The molecular formula is C19H27BF2N2O3. The Labute approximate surface area is 159 Å². The highest BCUT2D eigenvalue weighted by atomic mass is 19.3. The van der Waals surface area contributed by atoms with E-state index < -0.39 is 24.2 Å². The van der Waals surface area contributed by atoms with E-state index in [-0.39, 0.29) is 38.4 Å². The molecule has 0 spiro atoms. The highest BCUT2D eigenvalue weighted by Gasteiger charge is 2.51. The van der Waals surface area contributed by atoms with Crippen LogP contribution < -0.4 is 10.8 Å². The number of nitrogens with zero attached hydrogens (tertiary/aromatic N) is 1. The summed E-state index contributed by atoms with van der Waals surface area (Å²) in [5.41, 5.74) is 0.721. The Hall–Kier alpha value is -1.51. The van der Waals surface area contributed by atoms with Gasteiger partial charge in [-0.3, -0.25) is 9.69 Å². The number of carbonyl (C=O) groups is 1. The topological polar surface area (TPSA) is 50.8 Å². The number of anilines is 1. The van der Waals surface area contributed by atoms with Crippen LogP contribution in [0.5, 0.6) is 0 Å². The number of halogens is 2. The van der Waals surface area contributed by atoms with Crippen molar-refractivity contribution >= 4 is 24.2 Å². The Morgan fingerprint density at radius 2 is 1.59 bits per heavy atom. The molecule has 8 heteroatoms. The molecule has 1 aromatic rings. The van der Waals surface area contributed by atoms with Gasteiger partial charge in [0.05, 0.1) is 17.7 Å². The van der Waals surface area contributed by atoms with E-state index in [0.29, 0.717) is 5.69 Å². The van der Waals surface area contributed by atoms with E-state index >= 15 is 0 Å². The second-order valence-electron chi connectivity index (χ2n) is 8.39. The van der Waals surface area contributed by atoms with Crippen LogP contribution in [0.1, 0.15) is 40.5 Å². The zero-order valence-corrected chi connectivity index (χ0v) is 16.4. The van der Waals surface area contributed by atoms with E-state index in [1.807, 2.05) is 39.8 Å². The smallest absolute Gasteiger partial charge is 0.399 e. The number of piperidine rings is 1. The predicted octanol–water partition coefficient (Wildman–Crippen LogP) is 2.66. The van der Waals surface area contributed by atoms with E-state index in [1.165, 1.54) is 0 Å². The molecule has 0 atom stereocenters. The van der Waals surface area contributed by atoms with Gasteiger partial charge in [-0.2, -0.15) is 0 Å². The fourth-order valence-electron chi connectivity index (χ4n) is 3.14. The summed E-state index contributed by atoms with van der Waals surface area (Å²) in [6.45, 7) is 8.59. The standard InChI is InChI=1S/C19H27BF2N2O3/c1-17(2)18(3,4)27-20(26-17)14-5-7-15(8-6-14)23-16(25)13-24-11-9-19(21,22)10-12-24/h5-8H,9-13H2,1-4H3,(H,23,25). The molecule has 0 radical (unpaired) electrons. The summed E-state index contributed by atoms with van der Waals surface area (Å²) in [6.07, 6.45) is -0.383. The second kappa shape index (κ2) is 7.15. The number of hydrogen-bond acceptors (Lipinski definition) is 4. The number of carbonyl (C=O) groups excluding carboxylic acids is 1. The summed E-state index contributed by atoms with van der Waals surface area (Å²) in [4.78, 5) is 13.9. The SMILES string of the molecule is CC1(C)OB(c2ccc(NC(=O)CN3CCC(F)(F)CC3)cc2)OC1(C)C. The van der Waals surface area contributed by atoms with Crippen molar-refractivity contribution in [1.29, 1.82) is 0 Å². The minimum Gasteiger partial charge on any atom is -0.399 e. The minimum absolute atomic E-state index is 0.120. The predicted molar refractivity (Wildman–Crippen MR) is 101 cm³/mol. The van der Waals surface area contributed by atoms with E-state index in [9.17, 15) is 13.6 Å². The van der Waals surface area contributed by atoms with Crippen molar-refractivity contribution in [2.75, 3.05) is 25.0 Å². The Kier molecular flexibility index (Phi) is 5.36. The number of likely N-dealkylation sites (tertiary alicyclic amines) is 1. The minimum atomic E-state index is -2.60. The number of benzene rings is 1. The lowest BCUT2D eigenvalue weighted by molar-refractivity contribution is -0.119. The normalized spacial score (nSPS) is 24.0. The van der Waals surface area contributed by atoms with Crippen LogP contribution in [0.25, 0.3) is 0 Å². The van der Waals surface area contributed by atoms with Crippen LogP contribution in [-0.2, 0) is 14.1 Å². The Morgan fingerprint density at radius 3 is 2.11 bits per heavy atom. The third-order valence-corrected chi connectivity index (χ3v) is 5.67. The van der Waals surface area contributed by atoms with Crippen molar-refractivity contribution < 1.29 is 22.9 Å². The van der Waals surface area contributed by atoms with Crippen LogP contribution in [0.4, 0.5) is 14.5 Å². The number of nitrogens with one attached hydrogen (secondary N) is 1. The third-order valence-electron chi connectivity index (χ3n) is 5.67. The molecule has 0 aromatic heterocycles. The van der Waals surface area contributed by atoms with Crippen LogP contribution in [0.15, 0.2) is 24.3 Å². The van der Waals surface area contributed by atoms with Crippen LogP contribution in [-0.4, -0.2) is 54.7 Å². The zero-order chi connectivity index (χ0) is 19.9. The van der Waals surface area contributed by atoms with E-state index in [2.05, 4.69) is 5.32 Å². The van der Waals surface area contributed by atoms with Gasteiger partial charge in [-0.15, -0.1) is 0 Å². The lowest BCUT2D eigenvalue weighted by Crippen LogP contribution is -2.43. The van der Waals surface area contributed by atoms with Gasteiger partial charge in [-0.05, 0) is 45.3 Å². The molecule has 1 amide bonds. The summed E-state index contributed by atoms with van der Waals surface area (Å²) in [7, 11) is -0.449. The fourth-order valence-corrected chi connectivity index (χ4v) is 3.14. The van der Waals surface area contributed by atoms with Gasteiger partial charge in [0, 0.05) is 31.6 Å².